The normalized spacial score (nSPS) is 32.5. The number of hydrogen-bond acceptors (Lipinski definition) is 6. The van der Waals surface area contributed by atoms with Gasteiger partial charge in [0.2, 0.25) is 0 Å². The standard InChI is InChI=1S/C12H13NO6/c14-6-4-12(17)11(18-5-6)13-9-7(10(15)16)2-1-3-8(9)19-12/h1-3,6,11,13-14,17H,4-5H2,(H,15,16)/t6-,11+,12+/m0/s1. The van der Waals surface area contributed by atoms with Crippen molar-refractivity contribution in [2.45, 2.75) is 24.5 Å². The maximum atomic E-state index is 11.1. The molecule has 102 valence electrons. The molecule has 2 aliphatic heterocycles. The van der Waals surface area contributed by atoms with Crippen LogP contribution in [0.25, 0.3) is 0 Å². The van der Waals surface area contributed by atoms with Crippen LogP contribution in [0.5, 0.6) is 5.75 Å². The van der Waals surface area contributed by atoms with Crippen molar-refractivity contribution in [2.75, 3.05) is 11.9 Å². The van der Waals surface area contributed by atoms with E-state index in [0.717, 1.165) is 0 Å². The summed E-state index contributed by atoms with van der Waals surface area (Å²) < 4.78 is 10.7. The summed E-state index contributed by atoms with van der Waals surface area (Å²) in [6, 6.07) is 4.50. The third-order valence-corrected chi connectivity index (χ3v) is 3.21. The van der Waals surface area contributed by atoms with Gasteiger partial charge in [0.25, 0.3) is 5.79 Å². The summed E-state index contributed by atoms with van der Waals surface area (Å²) >= 11 is 0. The molecule has 0 aromatic heterocycles. The molecule has 0 spiro atoms. The molecule has 0 saturated carbocycles. The first-order valence-electron chi connectivity index (χ1n) is 5.83. The van der Waals surface area contributed by atoms with Crippen molar-refractivity contribution in [1.29, 1.82) is 0 Å². The van der Waals surface area contributed by atoms with E-state index in [0.29, 0.717) is 0 Å². The van der Waals surface area contributed by atoms with Gasteiger partial charge in [-0.05, 0) is 12.1 Å². The third kappa shape index (κ3) is 1.92. The fourth-order valence-corrected chi connectivity index (χ4v) is 2.36. The van der Waals surface area contributed by atoms with Crippen LogP contribution >= 0.6 is 0 Å². The second kappa shape index (κ2) is 4.09. The highest BCUT2D eigenvalue weighted by Gasteiger charge is 2.49. The smallest absolute Gasteiger partial charge is 0.337 e. The molecule has 2 aliphatic rings. The largest absolute Gasteiger partial charge is 0.478 e. The Hall–Kier alpha value is -1.83. The second-order valence-corrected chi connectivity index (χ2v) is 4.65. The summed E-state index contributed by atoms with van der Waals surface area (Å²) in [5.41, 5.74) is 0.301. The Balaban J connectivity index is 2.02. The molecule has 4 N–H and O–H groups in total. The molecule has 0 unspecified atom stereocenters. The van der Waals surface area contributed by atoms with Crippen molar-refractivity contribution in [3.63, 3.8) is 0 Å². The van der Waals surface area contributed by atoms with Gasteiger partial charge in [-0.3, -0.25) is 0 Å². The molecule has 0 amide bonds. The summed E-state index contributed by atoms with van der Waals surface area (Å²) in [6.07, 6.45) is -1.75. The molecule has 1 fully saturated rings. The number of benzene rings is 1. The SMILES string of the molecule is O=C(O)c1cccc2c1N[C@@H]1OC[C@@H](O)C[C@@]1(O)O2. The van der Waals surface area contributed by atoms with Crippen LogP contribution in [0.4, 0.5) is 5.69 Å². The van der Waals surface area contributed by atoms with Gasteiger partial charge in [-0.2, -0.15) is 0 Å². The van der Waals surface area contributed by atoms with Gasteiger partial charge in [0.15, 0.2) is 6.23 Å². The minimum Gasteiger partial charge on any atom is -0.478 e. The number of carbonyl (C=O) groups is 1. The average Bonchev–Trinajstić information content (AvgIpc) is 2.34. The van der Waals surface area contributed by atoms with E-state index in [-0.39, 0.29) is 30.0 Å². The molecule has 0 aliphatic carbocycles. The Morgan fingerprint density at radius 1 is 1.47 bits per heavy atom. The van der Waals surface area contributed by atoms with Crippen molar-refractivity contribution in [2.24, 2.45) is 0 Å². The van der Waals surface area contributed by atoms with Crippen molar-refractivity contribution in [1.82, 2.24) is 0 Å². The van der Waals surface area contributed by atoms with Gasteiger partial charge in [-0.1, -0.05) is 6.07 Å². The van der Waals surface area contributed by atoms with Crippen LogP contribution in [0.2, 0.25) is 0 Å². The van der Waals surface area contributed by atoms with E-state index in [4.69, 9.17) is 14.6 Å². The van der Waals surface area contributed by atoms with Gasteiger partial charge in [-0.25, -0.2) is 4.79 Å². The second-order valence-electron chi connectivity index (χ2n) is 4.65. The predicted molar refractivity (Wildman–Crippen MR) is 63.0 cm³/mol. The lowest BCUT2D eigenvalue weighted by Crippen LogP contribution is -2.61. The fraction of sp³-hybridized carbons (Fsp3) is 0.417. The van der Waals surface area contributed by atoms with E-state index < -0.39 is 24.1 Å². The van der Waals surface area contributed by atoms with Gasteiger partial charge in [-0.15, -0.1) is 0 Å². The molecule has 0 radical (unpaired) electrons. The fourth-order valence-electron chi connectivity index (χ4n) is 2.36. The number of aliphatic hydroxyl groups is 2. The van der Waals surface area contributed by atoms with Gasteiger partial charge in [0.05, 0.1) is 24.0 Å². The molecule has 0 bridgehead atoms. The van der Waals surface area contributed by atoms with Gasteiger partial charge < -0.3 is 30.1 Å². The van der Waals surface area contributed by atoms with E-state index in [1.54, 1.807) is 6.07 Å². The van der Waals surface area contributed by atoms with Gasteiger partial charge in [0, 0.05) is 6.42 Å². The molecule has 19 heavy (non-hydrogen) atoms. The maximum Gasteiger partial charge on any atom is 0.337 e. The number of carboxylic acid groups (broad SMARTS) is 1. The highest BCUT2D eigenvalue weighted by atomic mass is 16.7. The van der Waals surface area contributed by atoms with Crippen LogP contribution in [0, 0.1) is 0 Å². The number of aromatic carboxylic acids is 1. The number of nitrogens with one attached hydrogen (secondary N) is 1. The molecular formula is C12H13NO6. The molecule has 2 heterocycles. The maximum absolute atomic E-state index is 11.1. The summed E-state index contributed by atoms with van der Waals surface area (Å²) in [5, 5.41) is 31.8. The zero-order valence-corrected chi connectivity index (χ0v) is 9.87. The molecule has 1 aromatic carbocycles. The zero-order valence-electron chi connectivity index (χ0n) is 9.87. The van der Waals surface area contributed by atoms with Crippen LogP contribution in [0.3, 0.4) is 0 Å². The number of para-hydroxylation sites is 1. The molecule has 7 heteroatoms. The Labute approximate surface area is 108 Å². The number of ether oxygens (including phenoxy) is 2. The lowest BCUT2D eigenvalue weighted by molar-refractivity contribution is -0.263. The van der Waals surface area contributed by atoms with Crippen LogP contribution < -0.4 is 10.1 Å². The van der Waals surface area contributed by atoms with E-state index in [2.05, 4.69) is 5.32 Å². The van der Waals surface area contributed by atoms with E-state index >= 15 is 0 Å². The molecule has 1 saturated heterocycles. The Kier molecular flexibility index (Phi) is 2.63. The summed E-state index contributed by atoms with van der Waals surface area (Å²) in [4.78, 5) is 11.1. The monoisotopic (exact) mass is 267 g/mol. The molecule has 3 atom stereocenters. The summed E-state index contributed by atoms with van der Waals surface area (Å²) in [6.45, 7) is 0.0495. The van der Waals surface area contributed by atoms with Crippen molar-refractivity contribution >= 4 is 11.7 Å². The summed E-state index contributed by atoms with van der Waals surface area (Å²) in [7, 11) is 0. The van der Waals surface area contributed by atoms with Gasteiger partial charge in [0.1, 0.15) is 5.75 Å². The Morgan fingerprint density at radius 3 is 3.00 bits per heavy atom. The van der Waals surface area contributed by atoms with Crippen LogP contribution in [-0.4, -0.2) is 46.0 Å². The zero-order chi connectivity index (χ0) is 13.6. The number of aliphatic hydroxyl groups excluding tert-OH is 1. The van der Waals surface area contributed by atoms with Crippen molar-refractivity contribution in [3.8, 4) is 5.75 Å². The molecular weight excluding hydrogens is 254 g/mol. The van der Waals surface area contributed by atoms with E-state index in [9.17, 15) is 15.0 Å². The number of anilines is 1. The molecule has 3 rings (SSSR count). The first-order valence-corrected chi connectivity index (χ1v) is 5.83. The first-order chi connectivity index (χ1) is 8.99. The average molecular weight is 267 g/mol. The van der Waals surface area contributed by atoms with Crippen molar-refractivity contribution < 1.29 is 29.6 Å². The lowest BCUT2D eigenvalue weighted by atomic mass is 10.0. The number of rotatable bonds is 1. The highest BCUT2D eigenvalue weighted by molar-refractivity contribution is 5.96. The van der Waals surface area contributed by atoms with Crippen LogP contribution in [-0.2, 0) is 4.74 Å². The minimum absolute atomic E-state index is 0.0125. The van der Waals surface area contributed by atoms with E-state index in [1.807, 2.05) is 0 Å². The predicted octanol–water partition coefficient (Wildman–Crippen LogP) is -0.0150. The molecule has 7 nitrogen and oxygen atoms in total. The topological polar surface area (TPSA) is 108 Å². The van der Waals surface area contributed by atoms with E-state index in [1.165, 1.54) is 12.1 Å². The highest BCUT2D eigenvalue weighted by Crippen LogP contribution is 2.41. The summed E-state index contributed by atoms with van der Waals surface area (Å²) in [5.74, 6) is -2.59. The number of fused-ring (bicyclic) bond motifs is 2. The van der Waals surface area contributed by atoms with Crippen LogP contribution in [0.15, 0.2) is 18.2 Å². The Morgan fingerprint density at radius 2 is 2.26 bits per heavy atom. The first kappa shape index (κ1) is 12.2. The lowest BCUT2D eigenvalue weighted by Gasteiger charge is -2.45. The van der Waals surface area contributed by atoms with Gasteiger partial charge >= 0.3 is 5.97 Å². The molecule has 1 aromatic rings. The minimum atomic E-state index is -1.71. The quantitative estimate of drug-likeness (QED) is 0.566. The Bertz CT molecular complexity index is 533. The number of carboxylic acids is 1. The third-order valence-electron chi connectivity index (χ3n) is 3.21. The van der Waals surface area contributed by atoms with Crippen molar-refractivity contribution in [3.05, 3.63) is 23.8 Å². The number of hydrogen-bond donors (Lipinski definition) is 4. The van der Waals surface area contributed by atoms with Crippen LogP contribution in [0.1, 0.15) is 16.8 Å².